The first-order valence-electron chi connectivity index (χ1n) is 9.03. The minimum atomic E-state index is -0.531. The fourth-order valence-corrected chi connectivity index (χ4v) is 3.25. The summed E-state index contributed by atoms with van der Waals surface area (Å²) < 4.78 is 22.5. The van der Waals surface area contributed by atoms with Gasteiger partial charge in [-0.25, -0.2) is 14.1 Å². The van der Waals surface area contributed by atoms with Gasteiger partial charge in [-0.1, -0.05) is 46.3 Å². The van der Waals surface area contributed by atoms with E-state index in [1.807, 2.05) is 24.3 Å². The molecule has 0 fully saturated rings. The van der Waals surface area contributed by atoms with E-state index in [0.717, 1.165) is 10.0 Å². The summed E-state index contributed by atoms with van der Waals surface area (Å²) in [6.07, 6.45) is 2.72. The predicted octanol–water partition coefficient (Wildman–Crippen LogP) is 5.00. The summed E-state index contributed by atoms with van der Waals surface area (Å²) in [5.74, 6) is -0.493. The van der Waals surface area contributed by atoms with Gasteiger partial charge in [0.15, 0.2) is 5.82 Å². The number of nitrogens with zero attached hydrogens (tertiary/aromatic N) is 3. The van der Waals surface area contributed by atoms with E-state index in [4.69, 9.17) is 4.74 Å². The smallest absolute Gasteiger partial charge is 0.259 e. The Balaban J connectivity index is 1.50. The summed E-state index contributed by atoms with van der Waals surface area (Å²) in [7, 11) is 0. The number of benzene rings is 3. The van der Waals surface area contributed by atoms with Crippen LogP contribution in [0.2, 0.25) is 0 Å². The highest BCUT2D eigenvalue weighted by molar-refractivity contribution is 9.10. The molecule has 1 N–H and O–H groups in total. The Morgan fingerprint density at radius 1 is 1.10 bits per heavy atom. The molecule has 30 heavy (non-hydrogen) atoms. The molecule has 1 heterocycles. The second kappa shape index (κ2) is 8.87. The van der Waals surface area contributed by atoms with Crippen LogP contribution in [0, 0.1) is 5.82 Å². The molecular weight excluding hydrogens is 451 g/mol. The summed E-state index contributed by atoms with van der Waals surface area (Å²) >= 11 is 3.48. The molecule has 8 heteroatoms. The summed E-state index contributed by atoms with van der Waals surface area (Å²) in [5.41, 5.74) is 1.87. The first-order valence-corrected chi connectivity index (χ1v) is 9.82. The van der Waals surface area contributed by atoms with Crippen molar-refractivity contribution in [2.45, 2.75) is 6.61 Å². The molecule has 0 saturated carbocycles. The van der Waals surface area contributed by atoms with Crippen LogP contribution >= 0.6 is 15.9 Å². The van der Waals surface area contributed by atoms with Crippen molar-refractivity contribution in [2.75, 3.05) is 5.32 Å². The maximum atomic E-state index is 14.4. The van der Waals surface area contributed by atoms with Crippen LogP contribution in [0.1, 0.15) is 15.9 Å². The second-order valence-corrected chi connectivity index (χ2v) is 7.19. The number of anilines is 1. The minimum Gasteiger partial charge on any atom is -0.488 e. The van der Waals surface area contributed by atoms with E-state index in [9.17, 15) is 9.18 Å². The lowest BCUT2D eigenvalue weighted by molar-refractivity contribution is 0.102. The van der Waals surface area contributed by atoms with Crippen molar-refractivity contribution >= 4 is 27.5 Å². The van der Waals surface area contributed by atoms with E-state index in [-0.39, 0.29) is 5.69 Å². The number of amides is 1. The molecule has 0 atom stereocenters. The molecule has 0 aliphatic heterocycles. The van der Waals surface area contributed by atoms with Crippen molar-refractivity contribution in [3.63, 3.8) is 0 Å². The molecule has 4 aromatic rings. The summed E-state index contributed by atoms with van der Waals surface area (Å²) in [6.45, 7) is 0.299. The van der Waals surface area contributed by atoms with Gasteiger partial charge in [-0.3, -0.25) is 4.79 Å². The number of carbonyl (C=O) groups is 1. The third-order valence-corrected chi connectivity index (χ3v) is 5.12. The molecule has 1 aromatic heterocycles. The van der Waals surface area contributed by atoms with E-state index >= 15 is 0 Å². The van der Waals surface area contributed by atoms with E-state index in [0.29, 0.717) is 23.6 Å². The molecule has 6 nitrogen and oxygen atoms in total. The van der Waals surface area contributed by atoms with Crippen molar-refractivity contribution in [3.8, 4) is 11.4 Å². The van der Waals surface area contributed by atoms with Crippen LogP contribution in [0.15, 0.2) is 83.9 Å². The monoisotopic (exact) mass is 466 g/mol. The van der Waals surface area contributed by atoms with Gasteiger partial charge >= 0.3 is 0 Å². The Hall–Kier alpha value is -3.52. The molecule has 0 aliphatic carbocycles. The maximum Gasteiger partial charge on any atom is 0.259 e. The quantitative estimate of drug-likeness (QED) is 0.434. The van der Waals surface area contributed by atoms with Crippen molar-refractivity contribution in [2.24, 2.45) is 0 Å². The number of hydrogen-bond donors (Lipinski definition) is 1. The molecule has 150 valence electrons. The zero-order valence-electron chi connectivity index (χ0n) is 15.6. The number of nitrogens with one attached hydrogen (secondary N) is 1. The van der Waals surface area contributed by atoms with Gasteiger partial charge in [0, 0.05) is 15.7 Å². The average Bonchev–Trinajstić information content (AvgIpc) is 3.28. The van der Waals surface area contributed by atoms with Crippen molar-refractivity contribution < 1.29 is 13.9 Å². The Labute approximate surface area is 180 Å². The van der Waals surface area contributed by atoms with Crippen LogP contribution in [-0.4, -0.2) is 20.7 Å². The third-order valence-electron chi connectivity index (χ3n) is 4.34. The van der Waals surface area contributed by atoms with Gasteiger partial charge in [-0.05, 0) is 36.4 Å². The summed E-state index contributed by atoms with van der Waals surface area (Å²) in [6, 6.07) is 19.0. The normalized spacial score (nSPS) is 10.6. The summed E-state index contributed by atoms with van der Waals surface area (Å²) in [4.78, 5) is 16.6. The number of carbonyl (C=O) groups excluding carboxylic acids is 1. The van der Waals surface area contributed by atoms with E-state index in [1.54, 1.807) is 30.3 Å². The number of para-hydroxylation sites is 1. The lowest BCUT2D eigenvalue weighted by Gasteiger charge is -2.13. The molecule has 0 saturated heterocycles. The largest absolute Gasteiger partial charge is 0.488 e. The van der Waals surface area contributed by atoms with Crippen molar-refractivity contribution in [1.82, 2.24) is 14.8 Å². The van der Waals surface area contributed by atoms with Crippen LogP contribution in [0.5, 0.6) is 5.75 Å². The van der Waals surface area contributed by atoms with Gasteiger partial charge in [0.05, 0.1) is 5.56 Å². The zero-order chi connectivity index (χ0) is 20.9. The van der Waals surface area contributed by atoms with Crippen molar-refractivity contribution in [1.29, 1.82) is 0 Å². The number of hydrogen-bond acceptors (Lipinski definition) is 4. The molecule has 0 unspecified atom stereocenters. The maximum absolute atomic E-state index is 14.4. The van der Waals surface area contributed by atoms with Gasteiger partial charge in [-0.15, -0.1) is 0 Å². The van der Waals surface area contributed by atoms with E-state index in [1.165, 1.54) is 29.5 Å². The van der Waals surface area contributed by atoms with Crippen LogP contribution in [0.25, 0.3) is 5.69 Å². The predicted molar refractivity (Wildman–Crippen MR) is 114 cm³/mol. The first-order chi connectivity index (χ1) is 14.6. The average molecular weight is 467 g/mol. The number of ether oxygens (including phenoxy) is 1. The Kier molecular flexibility index (Phi) is 5.85. The van der Waals surface area contributed by atoms with Crippen LogP contribution < -0.4 is 10.1 Å². The Bertz CT molecular complexity index is 1180. The molecule has 0 aliphatic rings. The SMILES string of the molecule is O=C(Nc1ccc(-n2cncn2)c(F)c1)c1ccccc1OCc1ccccc1Br. The van der Waals surface area contributed by atoms with E-state index < -0.39 is 11.7 Å². The first kappa shape index (κ1) is 19.8. The fourth-order valence-electron chi connectivity index (χ4n) is 2.85. The van der Waals surface area contributed by atoms with Gasteiger partial charge in [0.25, 0.3) is 5.91 Å². The Morgan fingerprint density at radius 3 is 2.67 bits per heavy atom. The highest BCUT2D eigenvalue weighted by atomic mass is 79.9. The Morgan fingerprint density at radius 2 is 1.90 bits per heavy atom. The number of aromatic nitrogens is 3. The number of rotatable bonds is 6. The van der Waals surface area contributed by atoms with Crippen LogP contribution in [0.4, 0.5) is 10.1 Å². The third kappa shape index (κ3) is 4.38. The molecule has 1 amide bonds. The van der Waals surface area contributed by atoms with Crippen molar-refractivity contribution in [3.05, 3.63) is 101 Å². The highest BCUT2D eigenvalue weighted by Gasteiger charge is 2.14. The van der Waals surface area contributed by atoms with Crippen LogP contribution in [0.3, 0.4) is 0 Å². The second-order valence-electron chi connectivity index (χ2n) is 6.34. The van der Waals surface area contributed by atoms with Gasteiger partial charge < -0.3 is 10.1 Å². The molecular formula is C22H16BrFN4O2. The zero-order valence-corrected chi connectivity index (χ0v) is 17.2. The molecule has 0 spiro atoms. The van der Waals surface area contributed by atoms with Gasteiger partial charge in [-0.2, -0.15) is 5.10 Å². The standard InChI is InChI=1S/C22H16BrFN4O2/c23-18-7-3-1-5-15(18)12-30-21-8-4-2-6-17(21)22(29)27-16-9-10-20(19(24)11-16)28-14-25-13-26-28/h1-11,13-14H,12H2,(H,27,29). The lowest BCUT2D eigenvalue weighted by Crippen LogP contribution is -2.14. The molecule has 4 rings (SSSR count). The molecule has 0 radical (unpaired) electrons. The van der Waals surface area contributed by atoms with E-state index in [2.05, 4.69) is 31.3 Å². The molecule has 3 aromatic carbocycles. The lowest BCUT2D eigenvalue weighted by atomic mass is 10.1. The number of halogens is 2. The van der Waals surface area contributed by atoms with Gasteiger partial charge in [0.2, 0.25) is 0 Å². The van der Waals surface area contributed by atoms with Gasteiger partial charge in [0.1, 0.15) is 30.7 Å². The highest BCUT2D eigenvalue weighted by Crippen LogP contribution is 2.24. The fraction of sp³-hybridized carbons (Fsp3) is 0.0455. The van der Waals surface area contributed by atoms with Crippen LogP contribution in [-0.2, 0) is 6.61 Å². The minimum absolute atomic E-state index is 0.239. The topological polar surface area (TPSA) is 69.0 Å². The molecule has 0 bridgehead atoms. The summed E-state index contributed by atoms with van der Waals surface area (Å²) in [5, 5.41) is 6.62.